The molecule has 21 heavy (non-hydrogen) atoms. The Morgan fingerprint density at radius 2 is 1.76 bits per heavy atom. The monoisotopic (exact) mass is 301 g/mol. The maximum absolute atomic E-state index is 9.30. The molecule has 0 amide bonds. The smallest absolute Gasteiger partial charge is 0.0558 e. The maximum Gasteiger partial charge on any atom is 0.0558 e. The van der Waals surface area contributed by atoms with Crippen LogP contribution in [-0.4, -0.2) is 50.0 Å². The highest BCUT2D eigenvalue weighted by atomic mass is 16.5. The molecule has 0 fully saturated rings. The second-order valence-corrected chi connectivity index (χ2v) is 8.12. The quantitative estimate of drug-likeness (QED) is 0.595. The average molecular weight is 302 g/mol. The van der Waals surface area contributed by atoms with E-state index >= 15 is 0 Å². The van der Waals surface area contributed by atoms with Gasteiger partial charge in [0.15, 0.2) is 0 Å². The van der Waals surface area contributed by atoms with Crippen LogP contribution in [0.2, 0.25) is 0 Å². The molecular weight excluding hydrogens is 262 g/mol. The third-order valence-electron chi connectivity index (χ3n) is 4.34. The molecule has 0 aliphatic rings. The summed E-state index contributed by atoms with van der Waals surface area (Å²) in [7, 11) is 1.79. The number of rotatable bonds is 12. The summed E-state index contributed by atoms with van der Waals surface area (Å²) in [5, 5.41) is 9.30. The van der Waals surface area contributed by atoms with Crippen LogP contribution in [0.4, 0.5) is 0 Å². The van der Waals surface area contributed by atoms with Gasteiger partial charge in [0.05, 0.1) is 13.2 Å². The summed E-state index contributed by atoms with van der Waals surface area (Å²) >= 11 is 0. The second kappa shape index (κ2) is 9.81. The van der Waals surface area contributed by atoms with Gasteiger partial charge in [-0.05, 0) is 42.6 Å². The minimum absolute atomic E-state index is 0.232. The number of aliphatic hydroxyl groups excluding tert-OH is 1. The van der Waals surface area contributed by atoms with Gasteiger partial charge in [-0.15, -0.1) is 0 Å². The normalized spacial score (nSPS) is 15.7. The van der Waals surface area contributed by atoms with Crippen molar-refractivity contribution in [1.82, 2.24) is 4.90 Å². The molecule has 0 aromatic carbocycles. The van der Waals surface area contributed by atoms with Crippen molar-refractivity contribution in [2.75, 3.05) is 40.0 Å². The van der Waals surface area contributed by atoms with Crippen LogP contribution < -0.4 is 0 Å². The maximum atomic E-state index is 9.30. The van der Waals surface area contributed by atoms with Crippen LogP contribution >= 0.6 is 0 Å². The SMILES string of the molecule is CCC(C)(COC)CC(C)(C)CN(CCO)CCC(C)C. The molecule has 3 nitrogen and oxygen atoms in total. The standard InChI is InChI=1S/C18H39NO2/c1-8-18(6,15-21-7)13-17(4,5)14-19(11-12-20)10-9-16(2)3/h16,20H,8-15H2,1-7H3. The van der Waals surface area contributed by atoms with Crippen LogP contribution in [-0.2, 0) is 4.74 Å². The molecule has 1 N–H and O–H groups in total. The van der Waals surface area contributed by atoms with E-state index in [1.54, 1.807) is 7.11 Å². The molecule has 0 bridgehead atoms. The highest BCUT2D eigenvalue weighted by Gasteiger charge is 2.32. The number of hydrogen-bond donors (Lipinski definition) is 1. The Morgan fingerprint density at radius 1 is 1.14 bits per heavy atom. The highest BCUT2D eigenvalue weighted by molar-refractivity contribution is 4.84. The van der Waals surface area contributed by atoms with Gasteiger partial charge in [-0.3, -0.25) is 0 Å². The summed E-state index contributed by atoms with van der Waals surface area (Å²) in [6, 6.07) is 0. The third kappa shape index (κ3) is 9.49. The van der Waals surface area contributed by atoms with Gasteiger partial charge >= 0.3 is 0 Å². The van der Waals surface area contributed by atoms with Gasteiger partial charge in [0, 0.05) is 20.2 Å². The fourth-order valence-electron chi connectivity index (χ4n) is 3.30. The van der Waals surface area contributed by atoms with Gasteiger partial charge in [-0.1, -0.05) is 41.5 Å². The molecule has 128 valence electrons. The summed E-state index contributed by atoms with van der Waals surface area (Å²) in [6.07, 6.45) is 3.48. The van der Waals surface area contributed by atoms with Crippen molar-refractivity contribution in [3.05, 3.63) is 0 Å². The lowest BCUT2D eigenvalue weighted by atomic mass is 9.72. The topological polar surface area (TPSA) is 32.7 Å². The van der Waals surface area contributed by atoms with E-state index in [1.165, 1.54) is 6.42 Å². The van der Waals surface area contributed by atoms with E-state index in [9.17, 15) is 5.11 Å². The summed E-state index contributed by atoms with van der Waals surface area (Å²) in [5.74, 6) is 0.712. The Hall–Kier alpha value is -0.120. The Kier molecular flexibility index (Phi) is 9.75. The molecule has 0 spiro atoms. The number of hydrogen-bond acceptors (Lipinski definition) is 3. The minimum atomic E-state index is 0.232. The number of ether oxygens (including phenoxy) is 1. The third-order valence-corrected chi connectivity index (χ3v) is 4.34. The van der Waals surface area contributed by atoms with Crippen molar-refractivity contribution in [2.45, 2.75) is 60.8 Å². The summed E-state index contributed by atoms with van der Waals surface area (Å²) in [6.45, 7) is 17.7. The molecule has 0 aromatic rings. The Morgan fingerprint density at radius 3 is 2.19 bits per heavy atom. The lowest BCUT2D eigenvalue weighted by Gasteiger charge is -2.39. The summed E-state index contributed by atoms with van der Waals surface area (Å²) in [4.78, 5) is 2.42. The van der Waals surface area contributed by atoms with Gasteiger partial charge < -0.3 is 14.7 Å². The Bertz CT molecular complexity index is 266. The van der Waals surface area contributed by atoms with Crippen LogP contribution in [0.1, 0.15) is 60.8 Å². The van der Waals surface area contributed by atoms with Crippen LogP contribution in [0, 0.1) is 16.7 Å². The van der Waals surface area contributed by atoms with E-state index in [0.29, 0.717) is 5.92 Å². The molecule has 0 aliphatic carbocycles. The molecular formula is C18H39NO2. The first-order valence-electron chi connectivity index (χ1n) is 8.50. The molecule has 0 rings (SSSR count). The number of nitrogens with zero attached hydrogens (tertiary/aromatic N) is 1. The van der Waals surface area contributed by atoms with Crippen LogP contribution in [0.5, 0.6) is 0 Å². The Labute approximate surface area is 133 Å². The van der Waals surface area contributed by atoms with Crippen molar-refractivity contribution in [2.24, 2.45) is 16.7 Å². The molecule has 0 aromatic heterocycles. The zero-order valence-corrected chi connectivity index (χ0v) is 15.5. The summed E-state index contributed by atoms with van der Waals surface area (Å²) in [5.41, 5.74) is 0.469. The first-order chi connectivity index (χ1) is 9.68. The zero-order valence-electron chi connectivity index (χ0n) is 15.5. The van der Waals surface area contributed by atoms with Crippen molar-refractivity contribution < 1.29 is 9.84 Å². The molecule has 0 aliphatic heterocycles. The van der Waals surface area contributed by atoms with Gasteiger partial charge in [-0.2, -0.15) is 0 Å². The molecule has 0 heterocycles. The number of aliphatic hydroxyl groups is 1. The average Bonchev–Trinajstić information content (AvgIpc) is 2.35. The van der Waals surface area contributed by atoms with E-state index in [-0.39, 0.29) is 17.4 Å². The van der Waals surface area contributed by atoms with Gasteiger partial charge in [0.25, 0.3) is 0 Å². The van der Waals surface area contributed by atoms with Crippen molar-refractivity contribution in [1.29, 1.82) is 0 Å². The van der Waals surface area contributed by atoms with Gasteiger partial charge in [0.1, 0.15) is 0 Å². The van der Waals surface area contributed by atoms with Crippen molar-refractivity contribution in [3.63, 3.8) is 0 Å². The van der Waals surface area contributed by atoms with Crippen molar-refractivity contribution >= 4 is 0 Å². The van der Waals surface area contributed by atoms with Crippen LogP contribution in [0.25, 0.3) is 0 Å². The number of methoxy groups -OCH3 is 1. The lowest BCUT2D eigenvalue weighted by molar-refractivity contribution is 0.0356. The fraction of sp³-hybridized carbons (Fsp3) is 1.00. The van der Waals surface area contributed by atoms with E-state index in [4.69, 9.17) is 4.74 Å². The van der Waals surface area contributed by atoms with Gasteiger partial charge in [0.2, 0.25) is 0 Å². The second-order valence-electron chi connectivity index (χ2n) is 8.12. The van der Waals surface area contributed by atoms with E-state index in [0.717, 1.165) is 39.1 Å². The first-order valence-corrected chi connectivity index (χ1v) is 8.50. The van der Waals surface area contributed by atoms with E-state index in [1.807, 2.05) is 0 Å². The fourth-order valence-corrected chi connectivity index (χ4v) is 3.30. The Balaban J connectivity index is 4.63. The van der Waals surface area contributed by atoms with E-state index in [2.05, 4.69) is 46.4 Å². The lowest BCUT2D eigenvalue weighted by Crippen LogP contribution is -2.40. The molecule has 0 saturated heterocycles. The largest absolute Gasteiger partial charge is 0.395 e. The minimum Gasteiger partial charge on any atom is -0.395 e. The summed E-state index contributed by atoms with van der Waals surface area (Å²) < 4.78 is 5.42. The first kappa shape index (κ1) is 20.9. The molecule has 0 radical (unpaired) electrons. The van der Waals surface area contributed by atoms with Crippen LogP contribution in [0.3, 0.4) is 0 Å². The van der Waals surface area contributed by atoms with Crippen LogP contribution in [0.15, 0.2) is 0 Å². The molecule has 1 unspecified atom stereocenters. The molecule has 1 atom stereocenters. The molecule has 0 saturated carbocycles. The predicted octanol–water partition coefficient (Wildman–Crippen LogP) is 3.81. The van der Waals surface area contributed by atoms with Crippen molar-refractivity contribution in [3.8, 4) is 0 Å². The predicted molar refractivity (Wildman–Crippen MR) is 91.7 cm³/mol. The molecule has 3 heteroatoms. The van der Waals surface area contributed by atoms with Gasteiger partial charge in [-0.25, -0.2) is 0 Å². The zero-order chi connectivity index (χ0) is 16.5. The van der Waals surface area contributed by atoms with E-state index < -0.39 is 0 Å². The highest BCUT2D eigenvalue weighted by Crippen LogP contribution is 2.37.